The monoisotopic (exact) mass is 287 g/mol. The molecule has 20 heavy (non-hydrogen) atoms. The third kappa shape index (κ3) is 4.51. The highest BCUT2D eigenvalue weighted by atomic mass is 32.1. The van der Waals surface area contributed by atoms with Gasteiger partial charge in [0.1, 0.15) is 11.6 Å². The second-order valence-electron chi connectivity index (χ2n) is 4.19. The lowest BCUT2D eigenvalue weighted by atomic mass is 10.1. The van der Waals surface area contributed by atoms with E-state index in [-0.39, 0.29) is 0 Å². The molecule has 0 spiro atoms. The molecule has 0 unspecified atom stereocenters. The number of hydrogen-bond acceptors (Lipinski definition) is 3. The number of rotatable bonds is 5. The van der Waals surface area contributed by atoms with Crippen LogP contribution in [0.2, 0.25) is 0 Å². The van der Waals surface area contributed by atoms with E-state index in [1.807, 2.05) is 30.3 Å². The molecule has 1 aromatic heterocycles. The molecule has 104 valence electrons. The van der Waals surface area contributed by atoms with Crippen molar-refractivity contribution in [2.24, 2.45) is 0 Å². The first kappa shape index (κ1) is 14.3. The molecule has 1 aromatic carbocycles. The number of benzene rings is 1. The number of methoxy groups -OCH3 is 1. The summed E-state index contributed by atoms with van der Waals surface area (Å²) in [6.07, 6.45) is 2.62. The maximum Gasteiger partial charge on any atom is 0.171 e. The van der Waals surface area contributed by atoms with Crippen LogP contribution in [0.15, 0.2) is 48.7 Å². The van der Waals surface area contributed by atoms with Crippen molar-refractivity contribution in [3.63, 3.8) is 0 Å². The molecule has 5 heteroatoms. The average molecular weight is 287 g/mol. The average Bonchev–Trinajstić information content (AvgIpc) is 2.49. The van der Waals surface area contributed by atoms with Gasteiger partial charge in [-0.2, -0.15) is 0 Å². The molecule has 0 fully saturated rings. The van der Waals surface area contributed by atoms with Crippen LogP contribution in [0.5, 0.6) is 5.75 Å². The Morgan fingerprint density at radius 3 is 2.65 bits per heavy atom. The van der Waals surface area contributed by atoms with E-state index in [9.17, 15) is 0 Å². The Labute approximate surface area is 124 Å². The van der Waals surface area contributed by atoms with Gasteiger partial charge in [0, 0.05) is 12.7 Å². The standard InChI is InChI=1S/C15H17N3OS/c1-19-13-7-5-12(6-8-13)9-11-17-15(20)18-14-4-2-3-10-16-14/h2-8,10H,9,11H2,1H3,(H2,16,17,18,20). The fourth-order valence-electron chi connectivity index (χ4n) is 1.71. The Balaban J connectivity index is 1.73. The summed E-state index contributed by atoms with van der Waals surface area (Å²) in [6, 6.07) is 13.7. The van der Waals surface area contributed by atoms with Crippen molar-refractivity contribution in [3.05, 3.63) is 54.2 Å². The summed E-state index contributed by atoms with van der Waals surface area (Å²) in [6.45, 7) is 0.769. The van der Waals surface area contributed by atoms with Crippen molar-refractivity contribution in [2.45, 2.75) is 6.42 Å². The number of nitrogens with one attached hydrogen (secondary N) is 2. The lowest BCUT2D eigenvalue weighted by molar-refractivity contribution is 0.414. The minimum Gasteiger partial charge on any atom is -0.497 e. The zero-order valence-electron chi connectivity index (χ0n) is 11.3. The van der Waals surface area contributed by atoms with E-state index in [4.69, 9.17) is 17.0 Å². The van der Waals surface area contributed by atoms with Crippen LogP contribution < -0.4 is 15.4 Å². The summed E-state index contributed by atoms with van der Waals surface area (Å²) >= 11 is 5.21. The molecule has 0 radical (unpaired) electrons. The molecule has 1 heterocycles. The Bertz CT molecular complexity index is 543. The van der Waals surface area contributed by atoms with E-state index in [0.29, 0.717) is 5.11 Å². The SMILES string of the molecule is COc1ccc(CCNC(=S)Nc2ccccn2)cc1. The summed E-state index contributed by atoms with van der Waals surface area (Å²) in [4.78, 5) is 4.15. The van der Waals surface area contributed by atoms with Gasteiger partial charge in [-0.1, -0.05) is 18.2 Å². The first-order chi connectivity index (χ1) is 9.78. The third-order valence-electron chi connectivity index (χ3n) is 2.76. The van der Waals surface area contributed by atoms with Crippen molar-refractivity contribution >= 4 is 23.1 Å². The van der Waals surface area contributed by atoms with Crippen molar-refractivity contribution in [2.75, 3.05) is 19.0 Å². The highest BCUT2D eigenvalue weighted by Crippen LogP contribution is 2.11. The molecule has 0 atom stereocenters. The summed E-state index contributed by atoms with van der Waals surface area (Å²) < 4.78 is 5.12. The third-order valence-corrected chi connectivity index (χ3v) is 3.01. The summed E-state index contributed by atoms with van der Waals surface area (Å²) in [7, 11) is 1.66. The largest absolute Gasteiger partial charge is 0.497 e. The number of hydrogen-bond donors (Lipinski definition) is 2. The van der Waals surface area contributed by atoms with Crippen LogP contribution >= 0.6 is 12.2 Å². The number of aromatic nitrogens is 1. The van der Waals surface area contributed by atoms with Crippen LogP contribution in [0, 0.1) is 0 Å². The molecule has 0 bridgehead atoms. The van der Waals surface area contributed by atoms with Crippen LogP contribution in [0.1, 0.15) is 5.56 Å². The Morgan fingerprint density at radius 1 is 1.20 bits per heavy atom. The Kier molecular flexibility index (Phi) is 5.32. The molecule has 0 aliphatic carbocycles. The maximum atomic E-state index is 5.21. The summed E-state index contributed by atoms with van der Waals surface area (Å²) in [5, 5.41) is 6.77. The minimum atomic E-state index is 0.581. The zero-order chi connectivity index (χ0) is 14.2. The molecule has 0 saturated carbocycles. The van der Waals surface area contributed by atoms with E-state index >= 15 is 0 Å². The normalized spacial score (nSPS) is 9.85. The van der Waals surface area contributed by atoms with Crippen LogP contribution in [0.25, 0.3) is 0 Å². The van der Waals surface area contributed by atoms with Gasteiger partial charge in [0.15, 0.2) is 5.11 Å². The topological polar surface area (TPSA) is 46.2 Å². The van der Waals surface area contributed by atoms with Crippen molar-refractivity contribution in [1.82, 2.24) is 10.3 Å². The van der Waals surface area contributed by atoms with Crippen LogP contribution in [-0.2, 0) is 6.42 Å². The van der Waals surface area contributed by atoms with E-state index in [1.165, 1.54) is 5.56 Å². The van der Waals surface area contributed by atoms with Crippen molar-refractivity contribution in [1.29, 1.82) is 0 Å². The first-order valence-corrected chi connectivity index (χ1v) is 6.77. The Hall–Kier alpha value is -2.14. The lowest BCUT2D eigenvalue weighted by Crippen LogP contribution is -2.30. The van der Waals surface area contributed by atoms with Gasteiger partial charge in [-0.3, -0.25) is 0 Å². The van der Waals surface area contributed by atoms with E-state index in [1.54, 1.807) is 13.3 Å². The molecule has 0 saturated heterocycles. The van der Waals surface area contributed by atoms with Crippen LogP contribution in [0.3, 0.4) is 0 Å². The van der Waals surface area contributed by atoms with Gasteiger partial charge in [0.2, 0.25) is 0 Å². The van der Waals surface area contributed by atoms with Gasteiger partial charge in [-0.05, 0) is 48.5 Å². The van der Waals surface area contributed by atoms with Crippen LogP contribution in [0.4, 0.5) is 5.82 Å². The predicted molar refractivity (Wildman–Crippen MR) is 85.2 cm³/mol. The van der Waals surface area contributed by atoms with Gasteiger partial charge >= 0.3 is 0 Å². The molecule has 2 rings (SSSR count). The predicted octanol–water partition coefficient (Wildman–Crippen LogP) is 2.62. The van der Waals surface area contributed by atoms with Gasteiger partial charge < -0.3 is 15.4 Å². The number of nitrogens with zero attached hydrogens (tertiary/aromatic N) is 1. The highest BCUT2D eigenvalue weighted by Gasteiger charge is 1.98. The molecule has 2 N–H and O–H groups in total. The minimum absolute atomic E-state index is 0.581. The van der Waals surface area contributed by atoms with Crippen molar-refractivity contribution < 1.29 is 4.74 Å². The molecule has 2 aromatic rings. The first-order valence-electron chi connectivity index (χ1n) is 6.37. The quantitative estimate of drug-likeness (QED) is 0.828. The summed E-state index contributed by atoms with van der Waals surface area (Å²) in [5.74, 6) is 1.61. The van der Waals surface area contributed by atoms with Gasteiger partial charge in [0.25, 0.3) is 0 Å². The van der Waals surface area contributed by atoms with E-state index < -0.39 is 0 Å². The molecule has 0 aliphatic heterocycles. The lowest BCUT2D eigenvalue weighted by Gasteiger charge is -2.09. The van der Waals surface area contributed by atoms with Crippen LogP contribution in [-0.4, -0.2) is 23.8 Å². The fourth-order valence-corrected chi connectivity index (χ4v) is 1.92. The van der Waals surface area contributed by atoms with Gasteiger partial charge in [0.05, 0.1) is 7.11 Å². The van der Waals surface area contributed by atoms with E-state index in [2.05, 4.69) is 27.8 Å². The van der Waals surface area contributed by atoms with Gasteiger partial charge in [-0.25, -0.2) is 4.98 Å². The number of anilines is 1. The molecular formula is C15H17N3OS. The number of ether oxygens (including phenoxy) is 1. The Morgan fingerprint density at radius 2 is 2.00 bits per heavy atom. The van der Waals surface area contributed by atoms with Gasteiger partial charge in [-0.15, -0.1) is 0 Å². The summed E-state index contributed by atoms with van der Waals surface area (Å²) in [5.41, 5.74) is 1.24. The second-order valence-corrected chi connectivity index (χ2v) is 4.60. The molecule has 4 nitrogen and oxygen atoms in total. The van der Waals surface area contributed by atoms with E-state index in [0.717, 1.165) is 24.5 Å². The molecule has 0 amide bonds. The molecular weight excluding hydrogens is 270 g/mol. The smallest absolute Gasteiger partial charge is 0.171 e. The second kappa shape index (κ2) is 7.45. The zero-order valence-corrected chi connectivity index (χ0v) is 12.1. The highest BCUT2D eigenvalue weighted by molar-refractivity contribution is 7.80. The number of thiocarbonyl (C=S) groups is 1. The number of pyridine rings is 1. The molecule has 0 aliphatic rings. The maximum absolute atomic E-state index is 5.21. The fraction of sp³-hybridized carbons (Fsp3) is 0.200. The van der Waals surface area contributed by atoms with Crippen molar-refractivity contribution in [3.8, 4) is 5.75 Å².